The topological polar surface area (TPSA) is 76.0 Å². The van der Waals surface area contributed by atoms with E-state index < -0.39 is 10.0 Å². The number of aromatic nitrogens is 2. The number of hydrogen-bond acceptors (Lipinski definition) is 4. The Morgan fingerprint density at radius 2 is 1.78 bits per heavy atom. The summed E-state index contributed by atoms with van der Waals surface area (Å²) in [5.41, 5.74) is 3.38. The second-order valence-electron chi connectivity index (χ2n) is 5.37. The van der Waals surface area contributed by atoms with E-state index in [1.165, 1.54) is 0 Å². The van der Waals surface area contributed by atoms with Crippen LogP contribution in [0.4, 0.5) is 11.6 Å². The van der Waals surface area contributed by atoms with Crippen LogP contribution in [0, 0.1) is 0 Å². The van der Waals surface area contributed by atoms with Crippen LogP contribution in [-0.4, -0.2) is 24.2 Å². The molecular weight excluding hydrogens is 312 g/mol. The van der Waals surface area contributed by atoms with Gasteiger partial charge in [-0.25, -0.2) is 13.4 Å². The predicted octanol–water partition coefficient (Wildman–Crippen LogP) is 2.56. The minimum Gasteiger partial charge on any atom is -0.351 e. The summed E-state index contributed by atoms with van der Waals surface area (Å²) in [6.07, 6.45) is 1.14. The first-order valence-electron chi connectivity index (χ1n) is 7.15. The van der Waals surface area contributed by atoms with Crippen molar-refractivity contribution >= 4 is 32.7 Å². The molecule has 0 saturated carbocycles. The van der Waals surface area contributed by atoms with Crippen LogP contribution in [0.5, 0.6) is 0 Å². The number of anilines is 2. The quantitative estimate of drug-likeness (QED) is 0.754. The van der Waals surface area contributed by atoms with Crippen molar-refractivity contribution < 1.29 is 8.42 Å². The number of benzene rings is 2. The smallest absolute Gasteiger partial charge is 0.229 e. The van der Waals surface area contributed by atoms with Gasteiger partial charge in [0, 0.05) is 13.6 Å². The van der Waals surface area contributed by atoms with E-state index in [4.69, 9.17) is 0 Å². The van der Waals surface area contributed by atoms with Crippen LogP contribution in [0.15, 0.2) is 48.5 Å². The molecule has 1 heterocycles. The molecule has 0 bridgehead atoms. The van der Waals surface area contributed by atoms with E-state index in [9.17, 15) is 8.42 Å². The van der Waals surface area contributed by atoms with E-state index >= 15 is 0 Å². The maximum atomic E-state index is 11.5. The number of nitrogens with one attached hydrogen (secondary N) is 2. The Morgan fingerprint density at radius 3 is 2.52 bits per heavy atom. The van der Waals surface area contributed by atoms with E-state index in [-0.39, 0.29) is 0 Å². The van der Waals surface area contributed by atoms with Crippen LogP contribution in [0.25, 0.3) is 11.0 Å². The van der Waals surface area contributed by atoms with E-state index in [1.807, 2.05) is 48.0 Å². The Balaban J connectivity index is 1.84. The lowest BCUT2D eigenvalue weighted by Gasteiger charge is -2.12. The Kier molecular flexibility index (Phi) is 3.96. The zero-order valence-corrected chi connectivity index (χ0v) is 13.8. The molecule has 0 saturated heterocycles. The Morgan fingerprint density at radius 1 is 1.09 bits per heavy atom. The largest absolute Gasteiger partial charge is 0.351 e. The highest BCUT2D eigenvalue weighted by atomic mass is 32.2. The third-order valence-electron chi connectivity index (χ3n) is 3.54. The molecule has 3 rings (SSSR count). The van der Waals surface area contributed by atoms with Gasteiger partial charge in [0.15, 0.2) is 0 Å². The SMILES string of the molecule is Cn1c(NCc2ccccc2NS(C)(=O)=O)nc2ccccc21. The second kappa shape index (κ2) is 5.92. The second-order valence-corrected chi connectivity index (χ2v) is 7.12. The number of para-hydroxylation sites is 3. The minimum absolute atomic E-state index is 0.468. The van der Waals surface area contributed by atoms with Gasteiger partial charge in [-0.15, -0.1) is 0 Å². The summed E-state index contributed by atoms with van der Waals surface area (Å²) in [5, 5.41) is 3.26. The summed E-state index contributed by atoms with van der Waals surface area (Å²) in [6, 6.07) is 15.2. The maximum Gasteiger partial charge on any atom is 0.229 e. The fourth-order valence-electron chi connectivity index (χ4n) is 2.45. The summed E-state index contributed by atoms with van der Waals surface area (Å²) in [7, 11) is -1.37. The van der Waals surface area contributed by atoms with Crippen LogP contribution in [0.1, 0.15) is 5.56 Å². The van der Waals surface area contributed by atoms with Crippen molar-refractivity contribution in [1.29, 1.82) is 0 Å². The highest BCUT2D eigenvalue weighted by Gasteiger charge is 2.09. The molecule has 0 amide bonds. The number of nitrogens with zero attached hydrogens (tertiary/aromatic N) is 2. The van der Waals surface area contributed by atoms with Crippen molar-refractivity contribution in [2.45, 2.75) is 6.54 Å². The molecule has 0 unspecified atom stereocenters. The van der Waals surface area contributed by atoms with Crippen LogP contribution < -0.4 is 10.0 Å². The lowest BCUT2D eigenvalue weighted by Crippen LogP contribution is -2.13. The maximum absolute atomic E-state index is 11.5. The highest BCUT2D eigenvalue weighted by Crippen LogP contribution is 2.20. The molecule has 3 aromatic rings. The summed E-state index contributed by atoms with van der Waals surface area (Å²) in [6.45, 7) is 0.468. The molecule has 0 aliphatic heterocycles. The standard InChI is InChI=1S/C16H18N4O2S/c1-20-15-10-6-5-9-14(15)18-16(20)17-11-12-7-3-4-8-13(12)19-23(2,21)22/h3-10,19H,11H2,1-2H3,(H,17,18). The van der Waals surface area contributed by atoms with E-state index in [0.717, 1.165) is 28.8 Å². The zero-order valence-electron chi connectivity index (χ0n) is 12.9. The first kappa shape index (κ1) is 15.4. The highest BCUT2D eigenvalue weighted by molar-refractivity contribution is 7.92. The molecule has 0 aliphatic carbocycles. The van der Waals surface area contributed by atoms with Crippen molar-refractivity contribution in [3.05, 3.63) is 54.1 Å². The number of aryl methyl sites for hydroxylation is 1. The van der Waals surface area contributed by atoms with E-state index in [1.54, 1.807) is 12.1 Å². The monoisotopic (exact) mass is 330 g/mol. The fraction of sp³-hybridized carbons (Fsp3) is 0.188. The van der Waals surface area contributed by atoms with Crippen LogP contribution >= 0.6 is 0 Å². The molecule has 6 nitrogen and oxygen atoms in total. The van der Waals surface area contributed by atoms with Gasteiger partial charge < -0.3 is 9.88 Å². The molecule has 2 N–H and O–H groups in total. The van der Waals surface area contributed by atoms with Crippen LogP contribution in [0.3, 0.4) is 0 Å². The Hall–Kier alpha value is -2.54. The summed E-state index contributed by atoms with van der Waals surface area (Å²) < 4.78 is 27.4. The summed E-state index contributed by atoms with van der Waals surface area (Å²) in [4.78, 5) is 4.54. The van der Waals surface area contributed by atoms with Gasteiger partial charge in [-0.1, -0.05) is 30.3 Å². The molecule has 0 radical (unpaired) electrons. The zero-order chi connectivity index (χ0) is 16.4. The van der Waals surface area contributed by atoms with Gasteiger partial charge in [-0.3, -0.25) is 4.72 Å². The fourth-order valence-corrected chi connectivity index (χ4v) is 3.05. The third-order valence-corrected chi connectivity index (χ3v) is 4.13. The van der Waals surface area contributed by atoms with Crippen molar-refractivity contribution in [2.75, 3.05) is 16.3 Å². The number of hydrogen-bond donors (Lipinski definition) is 2. The normalized spacial score (nSPS) is 11.6. The number of fused-ring (bicyclic) bond motifs is 1. The molecule has 0 spiro atoms. The first-order valence-corrected chi connectivity index (χ1v) is 9.04. The molecule has 120 valence electrons. The predicted molar refractivity (Wildman–Crippen MR) is 92.9 cm³/mol. The van der Waals surface area contributed by atoms with Gasteiger partial charge in [0.05, 0.1) is 23.0 Å². The van der Waals surface area contributed by atoms with Gasteiger partial charge in [0.1, 0.15) is 0 Å². The van der Waals surface area contributed by atoms with Gasteiger partial charge >= 0.3 is 0 Å². The van der Waals surface area contributed by atoms with Crippen LogP contribution in [-0.2, 0) is 23.6 Å². The molecular formula is C16H18N4O2S. The Labute approximate surface area is 135 Å². The molecule has 0 atom stereocenters. The molecule has 0 aliphatic rings. The average molecular weight is 330 g/mol. The molecule has 1 aromatic heterocycles. The third kappa shape index (κ3) is 3.45. The minimum atomic E-state index is -3.31. The van der Waals surface area contributed by atoms with E-state index in [2.05, 4.69) is 15.0 Å². The lowest BCUT2D eigenvalue weighted by atomic mass is 10.2. The van der Waals surface area contributed by atoms with Gasteiger partial charge in [0.25, 0.3) is 0 Å². The van der Waals surface area contributed by atoms with Crippen molar-refractivity contribution in [1.82, 2.24) is 9.55 Å². The number of sulfonamides is 1. The Bertz CT molecular complexity index is 948. The summed E-state index contributed by atoms with van der Waals surface area (Å²) in [5.74, 6) is 0.736. The van der Waals surface area contributed by atoms with Crippen molar-refractivity contribution in [3.8, 4) is 0 Å². The van der Waals surface area contributed by atoms with Crippen molar-refractivity contribution in [2.24, 2.45) is 7.05 Å². The number of rotatable bonds is 5. The van der Waals surface area contributed by atoms with Gasteiger partial charge in [-0.05, 0) is 23.8 Å². The molecule has 2 aromatic carbocycles. The van der Waals surface area contributed by atoms with E-state index in [0.29, 0.717) is 12.2 Å². The van der Waals surface area contributed by atoms with Gasteiger partial charge in [-0.2, -0.15) is 0 Å². The average Bonchev–Trinajstić information content (AvgIpc) is 2.82. The lowest BCUT2D eigenvalue weighted by molar-refractivity contribution is 0.606. The molecule has 0 fully saturated rings. The molecule has 23 heavy (non-hydrogen) atoms. The van der Waals surface area contributed by atoms with Crippen molar-refractivity contribution in [3.63, 3.8) is 0 Å². The first-order chi connectivity index (χ1) is 10.9. The van der Waals surface area contributed by atoms with Crippen LogP contribution in [0.2, 0.25) is 0 Å². The van der Waals surface area contributed by atoms with Gasteiger partial charge in [0.2, 0.25) is 16.0 Å². The molecule has 7 heteroatoms. The number of imidazole rings is 1. The summed E-state index contributed by atoms with van der Waals surface area (Å²) >= 11 is 0.